The fraction of sp³-hybridized carbons (Fsp3) is 0.450. The molecule has 2 heterocycles. The topological polar surface area (TPSA) is 53.6 Å². The maximum Gasteiger partial charge on any atom is 0.319 e. The van der Waals surface area contributed by atoms with Crippen LogP contribution in [-0.2, 0) is 10.5 Å². The number of morpholine rings is 1. The lowest BCUT2D eigenvalue weighted by Gasteiger charge is -2.37. The Morgan fingerprint density at radius 3 is 2.74 bits per heavy atom. The van der Waals surface area contributed by atoms with Crippen molar-refractivity contribution in [1.29, 1.82) is 0 Å². The van der Waals surface area contributed by atoms with Crippen LogP contribution >= 0.6 is 23.1 Å². The van der Waals surface area contributed by atoms with Crippen LogP contribution in [0.3, 0.4) is 0 Å². The Morgan fingerprint density at radius 1 is 1.22 bits per heavy atom. The largest absolute Gasteiger partial charge is 0.372 e. The van der Waals surface area contributed by atoms with Gasteiger partial charge in [-0.2, -0.15) is 11.8 Å². The van der Waals surface area contributed by atoms with Crippen molar-refractivity contribution in [2.45, 2.75) is 31.8 Å². The van der Waals surface area contributed by atoms with Gasteiger partial charge in [-0.05, 0) is 37.4 Å². The molecule has 2 atom stereocenters. The first-order valence-electron chi connectivity index (χ1n) is 9.26. The summed E-state index contributed by atoms with van der Waals surface area (Å²) in [6.45, 7) is 6.46. The Kier molecular flexibility index (Phi) is 7.43. The van der Waals surface area contributed by atoms with Crippen LogP contribution in [0.15, 0.2) is 41.8 Å². The number of hydrogen-bond acceptors (Lipinski definition) is 5. The molecule has 1 aromatic carbocycles. The van der Waals surface area contributed by atoms with E-state index < -0.39 is 0 Å². The average molecular weight is 406 g/mol. The smallest absolute Gasteiger partial charge is 0.319 e. The Balaban J connectivity index is 1.47. The number of thiophene rings is 1. The minimum absolute atomic E-state index is 0.159. The van der Waals surface area contributed by atoms with Crippen molar-refractivity contribution in [3.05, 3.63) is 46.7 Å². The van der Waals surface area contributed by atoms with Gasteiger partial charge in [-0.25, -0.2) is 4.79 Å². The second kappa shape index (κ2) is 10.0. The van der Waals surface area contributed by atoms with E-state index in [0.29, 0.717) is 6.54 Å². The van der Waals surface area contributed by atoms with Crippen LogP contribution in [0, 0.1) is 0 Å². The molecule has 1 aliphatic rings. The molecule has 27 heavy (non-hydrogen) atoms. The standard InChI is InChI=1S/C20H27N3O2S2/c1-15-12-23(13-16(2)25-15)19-8-4-3-7-18(19)22-20(24)21-9-11-26-14-17-6-5-10-27-17/h3-8,10,15-16H,9,11-14H2,1-2H3,(H2,21,22,24). The number of carbonyl (C=O) groups is 1. The third kappa shape index (κ3) is 6.16. The van der Waals surface area contributed by atoms with E-state index in [1.165, 1.54) is 4.88 Å². The first kappa shape index (κ1) is 20.0. The van der Waals surface area contributed by atoms with Crippen molar-refractivity contribution in [2.24, 2.45) is 0 Å². The van der Waals surface area contributed by atoms with Crippen LogP contribution in [0.1, 0.15) is 18.7 Å². The molecule has 146 valence electrons. The molecule has 0 saturated carbocycles. The van der Waals surface area contributed by atoms with E-state index in [0.717, 1.165) is 36.0 Å². The van der Waals surface area contributed by atoms with Gasteiger partial charge in [0.05, 0.1) is 23.6 Å². The van der Waals surface area contributed by atoms with Crippen molar-refractivity contribution in [1.82, 2.24) is 5.32 Å². The minimum Gasteiger partial charge on any atom is -0.372 e. The molecule has 1 aromatic heterocycles. The number of rotatable bonds is 7. The fourth-order valence-corrected chi connectivity index (χ4v) is 4.90. The monoisotopic (exact) mass is 405 g/mol. The molecule has 2 amide bonds. The van der Waals surface area contributed by atoms with Gasteiger partial charge in [0, 0.05) is 36.0 Å². The second-order valence-corrected chi connectivity index (χ2v) is 8.83. The summed E-state index contributed by atoms with van der Waals surface area (Å²) in [5.41, 5.74) is 1.88. The van der Waals surface area contributed by atoms with Crippen LogP contribution in [0.4, 0.5) is 16.2 Å². The zero-order valence-electron chi connectivity index (χ0n) is 15.8. The molecule has 0 radical (unpaired) electrons. The highest BCUT2D eigenvalue weighted by Crippen LogP contribution is 2.28. The number of benzene rings is 1. The molecule has 0 aliphatic carbocycles. The third-order valence-electron chi connectivity index (χ3n) is 4.27. The molecule has 7 heteroatoms. The molecule has 3 rings (SSSR count). The van der Waals surface area contributed by atoms with Crippen LogP contribution in [0.5, 0.6) is 0 Å². The molecule has 0 bridgehead atoms. The second-order valence-electron chi connectivity index (χ2n) is 6.69. The summed E-state index contributed by atoms with van der Waals surface area (Å²) in [4.78, 5) is 15.9. The zero-order valence-corrected chi connectivity index (χ0v) is 17.4. The van der Waals surface area contributed by atoms with E-state index >= 15 is 0 Å². The Hall–Kier alpha value is -1.70. The lowest BCUT2D eigenvalue weighted by atomic mass is 10.1. The normalized spacial score (nSPS) is 19.7. The third-order valence-corrected chi connectivity index (χ3v) is 6.34. The summed E-state index contributed by atoms with van der Waals surface area (Å²) in [5.74, 6) is 1.89. The summed E-state index contributed by atoms with van der Waals surface area (Å²) in [5, 5.41) is 8.04. The minimum atomic E-state index is -0.159. The molecule has 1 aliphatic heterocycles. The average Bonchev–Trinajstić information content (AvgIpc) is 3.14. The number of thioether (sulfide) groups is 1. The summed E-state index contributed by atoms with van der Waals surface area (Å²) >= 11 is 3.60. The Bertz CT molecular complexity index is 714. The van der Waals surface area contributed by atoms with Crippen molar-refractivity contribution in [2.75, 3.05) is 35.6 Å². The summed E-state index contributed by atoms with van der Waals surface area (Å²) in [6, 6.07) is 12.0. The quantitative estimate of drug-likeness (QED) is 0.670. The van der Waals surface area contributed by atoms with Gasteiger partial charge in [-0.1, -0.05) is 18.2 Å². The van der Waals surface area contributed by atoms with Gasteiger partial charge in [0.25, 0.3) is 0 Å². The maximum absolute atomic E-state index is 12.3. The Morgan fingerprint density at radius 2 is 2.00 bits per heavy atom. The molecular formula is C20H27N3O2S2. The fourth-order valence-electron chi connectivity index (χ4n) is 3.20. The van der Waals surface area contributed by atoms with Crippen molar-refractivity contribution in [3.8, 4) is 0 Å². The number of hydrogen-bond donors (Lipinski definition) is 2. The van der Waals surface area contributed by atoms with Crippen LogP contribution in [0.2, 0.25) is 0 Å². The number of ether oxygens (including phenoxy) is 1. The van der Waals surface area contributed by atoms with Gasteiger partial charge in [0.1, 0.15) is 0 Å². The summed E-state index contributed by atoms with van der Waals surface area (Å²) in [7, 11) is 0. The van der Waals surface area contributed by atoms with Crippen LogP contribution in [-0.4, -0.2) is 43.6 Å². The number of anilines is 2. The van der Waals surface area contributed by atoms with Crippen LogP contribution in [0.25, 0.3) is 0 Å². The van der Waals surface area contributed by atoms with E-state index in [-0.39, 0.29) is 18.2 Å². The molecule has 0 spiro atoms. The number of nitrogens with zero attached hydrogens (tertiary/aromatic N) is 1. The highest BCUT2D eigenvalue weighted by atomic mass is 32.2. The molecule has 2 aromatic rings. The van der Waals surface area contributed by atoms with Gasteiger partial charge >= 0.3 is 6.03 Å². The van der Waals surface area contributed by atoms with Crippen molar-refractivity contribution in [3.63, 3.8) is 0 Å². The van der Waals surface area contributed by atoms with E-state index in [2.05, 4.69) is 53.0 Å². The summed E-state index contributed by atoms with van der Waals surface area (Å²) in [6.07, 6.45) is 0.354. The lowest BCUT2D eigenvalue weighted by molar-refractivity contribution is -0.00517. The van der Waals surface area contributed by atoms with Crippen molar-refractivity contribution < 1.29 is 9.53 Å². The molecule has 2 N–H and O–H groups in total. The van der Waals surface area contributed by atoms with E-state index in [1.54, 1.807) is 11.3 Å². The molecule has 5 nitrogen and oxygen atoms in total. The van der Waals surface area contributed by atoms with E-state index in [9.17, 15) is 4.79 Å². The number of carbonyl (C=O) groups excluding carboxylic acids is 1. The zero-order chi connectivity index (χ0) is 19.1. The molecule has 1 fully saturated rings. The summed E-state index contributed by atoms with van der Waals surface area (Å²) < 4.78 is 5.82. The number of amides is 2. The van der Waals surface area contributed by atoms with Gasteiger partial charge in [-0.15, -0.1) is 11.3 Å². The van der Waals surface area contributed by atoms with Crippen molar-refractivity contribution >= 4 is 40.5 Å². The first-order valence-corrected chi connectivity index (χ1v) is 11.3. The van der Waals surface area contributed by atoms with E-state index in [4.69, 9.17) is 4.74 Å². The predicted molar refractivity (Wildman–Crippen MR) is 116 cm³/mol. The first-order chi connectivity index (χ1) is 13.1. The molecule has 1 saturated heterocycles. The van der Waals surface area contributed by atoms with Crippen LogP contribution < -0.4 is 15.5 Å². The van der Waals surface area contributed by atoms with Gasteiger partial charge in [0.2, 0.25) is 0 Å². The highest BCUT2D eigenvalue weighted by molar-refractivity contribution is 7.98. The maximum atomic E-state index is 12.3. The number of nitrogens with one attached hydrogen (secondary N) is 2. The number of para-hydroxylation sites is 2. The lowest BCUT2D eigenvalue weighted by Crippen LogP contribution is -2.45. The number of urea groups is 1. The predicted octanol–water partition coefficient (Wildman–Crippen LogP) is 4.42. The SMILES string of the molecule is CC1CN(c2ccccc2NC(=O)NCCSCc2cccs2)CC(C)O1. The van der Waals surface area contributed by atoms with Gasteiger partial charge in [-0.3, -0.25) is 0 Å². The van der Waals surface area contributed by atoms with E-state index in [1.807, 2.05) is 30.0 Å². The van der Waals surface area contributed by atoms with Gasteiger partial charge < -0.3 is 20.3 Å². The Labute approximate surface area is 169 Å². The molecular weight excluding hydrogens is 378 g/mol. The van der Waals surface area contributed by atoms with Gasteiger partial charge in [0.15, 0.2) is 0 Å². The molecule has 2 unspecified atom stereocenters. The highest BCUT2D eigenvalue weighted by Gasteiger charge is 2.24.